The van der Waals surface area contributed by atoms with Gasteiger partial charge in [0.05, 0.1) is 5.69 Å². The molecule has 0 radical (unpaired) electrons. The van der Waals surface area contributed by atoms with Crippen LogP contribution in [0.2, 0.25) is 5.15 Å². The van der Waals surface area contributed by atoms with Gasteiger partial charge in [-0.05, 0) is 42.8 Å². The van der Waals surface area contributed by atoms with Gasteiger partial charge in [-0.3, -0.25) is 4.79 Å². The third kappa shape index (κ3) is 2.89. The number of rotatable bonds is 2. The van der Waals surface area contributed by atoms with Gasteiger partial charge in [-0.25, -0.2) is 4.39 Å². The van der Waals surface area contributed by atoms with Crippen LogP contribution in [0.5, 0.6) is 0 Å². The molecule has 0 fully saturated rings. The number of aryl methyl sites for hydroxylation is 1. The number of nitrogens with one attached hydrogen (secondary N) is 1. The maximum absolute atomic E-state index is 14.5. The molecule has 9 heteroatoms. The molecule has 6 nitrogen and oxygen atoms in total. The lowest BCUT2D eigenvalue weighted by molar-refractivity contribution is -0.116. The normalized spacial score (nSPS) is 16.3. The summed E-state index contributed by atoms with van der Waals surface area (Å²) in [6.45, 7) is 1.82. The van der Waals surface area contributed by atoms with Crippen molar-refractivity contribution < 1.29 is 9.18 Å². The van der Waals surface area contributed by atoms with Gasteiger partial charge in [0.1, 0.15) is 11.6 Å². The van der Waals surface area contributed by atoms with E-state index in [4.69, 9.17) is 11.6 Å². The standard InChI is InChI=1S/C17H12BrClFN5O/c1-8-16-11(10-6-9(18)2-3-12(10)20)7-15(26)21-17(16)25(24-8)14-5-4-13(19)22-23-14/h2-6,11H,7H2,1H3,(H,21,26)/t11-/m1/s1. The van der Waals surface area contributed by atoms with E-state index in [1.54, 1.807) is 24.3 Å². The van der Waals surface area contributed by atoms with Crippen molar-refractivity contribution in [2.45, 2.75) is 19.3 Å². The summed E-state index contributed by atoms with van der Waals surface area (Å²) >= 11 is 9.15. The smallest absolute Gasteiger partial charge is 0.226 e. The maximum atomic E-state index is 14.5. The summed E-state index contributed by atoms with van der Waals surface area (Å²) < 4.78 is 16.7. The average molecular weight is 437 g/mol. The molecule has 0 spiro atoms. The van der Waals surface area contributed by atoms with Crippen LogP contribution >= 0.6 is 27.5 Å². The fourth-order valence-corrected chi connectivity index (χ4v) is 3.66. The Morgan fingerprint density at radius 3 is 2.85 bits per heavy atom. The van der Waals surface area contributed by atoms with E-state index in [9.17, 15) is 9.18 Å². The minimum absolute atomic E-state index is 0.138. The minimum atomic E-state index is -0.440. The predicted octanol–water partition coefficient (Wildman–Crippen LogP) is 4.00. The lowest BCUT2D eigenvalue weighted by Gasteiger charge is -2.24. The van der Waals surface area contributed by atoms with Crippen molar-refractivity contribution in [1.82, 2.24) is 20.0 Å². The lowest BCUT2D eigenvalue weighted by atomic mass is 9.85. The van der Waals surface area contributed by atoms with Crippen LogP contribution in [0, 0.1) is 12.7 Å². The fraction of sp³-hybridized carbons (Fsp3) is 0.176. The number of benzene rings is 1. The Kier molecular flexibility index (Phi) is 4.24. The first-order valence-corrected chi connectivity index (χ1v) is 8.95. The van der Waals surface area contributed by atoms with Gasteiger partial charge >= 0.3 is 0 Å². The van der Waals surface area contributed by atoms with E-state index in [2.05, 4.69) is 36.5 Å². The first-order chi connectivity index (χ1) is 12.4. The molecule has 3 aromatic rings. The quantitative estimate of drug-likeness (QED) is 0.659. The SMILES string of the molecule is Cc1nn(-c2ccc(Cl)nn2)c2c1[C@@H](c1cc(Br)ccc1F)CC(=O)N2. The summed E-state index contributed by atoms with van der Waals surface area (Å²) in [6, 6.07) is 7.94. The molecule has 0 bridgehead atoms. The number of halogens is 3. The van der Waals surface area contributed by atoms with Crippen LogP contribution in [0.4, 0.5) is 10.2 Å². The molecule has 0 saturated carbocycles. The minimum Gasteiger partial charge on any atom is -0.310 e. The largest absolute Gasteiger partial charge is 0.310 e. The van der Waals surface area contributed by atoms with Crippen LogP contribution in [0.25, 0.3) is 5.82 Å². The van der Waals surface area contributed by atoms with Crippen LogP contribution in [-0.2, 0) is 4.79 Å². The van der Waals surface area contributed by atoms with Gasteiger partial charge in [0, 0.05) is 22.4 Å². The second-order valence-corrected chi connectivity index (χ2v) is 7.25. The van der Waals surface area contributed by atoms with E-state index in [0.29, 0.717) is 22.9 Å². The number of hydrogen-bond acceptors (Lipinski definition) is 4. The van der Waals surface area contributed by atoms with Crippen molar-refractivity contribution in [1.29, 1.82) is 0 Å². The Morgan fingerprint density at radius 1 is 1.31 bits per heavy atom. The van der Waals surface area contributed by atoms with Crippen molar-refractivity contribution in [2.24, 2.45) is 0 Å². The molecule has 1 aliphatic heterocycles. The van der Waals surface area contributed by atoms with Crippen molar-refractivity contribution >= 4 is 39.3 Å². The number of fused-ring (bicyclic) bond motifs is 1. The third-order valence-corrected chi connectivity index (χ3v) is 4.97. The molecule has 3 heterocycles. The van der Waals surface area contributed by atoms with Crippen molar-refractivity contribution in [2.75, 3.05) is 5.32 Å². The highest BCUT2D eigenvalue weighted by Crippen LogP contribution is 2.41. The van der Waals surface area contributed by atoms with Crippen molar-refractivity contribution in [3.05, 3.63) is 62.6 Å². The molecule has 1 atom stereocenters. The van der Waals surface area contributed by atoms with E-state index in [1.807, 2.05) is 6.92 Å². The fourth-order valence-electron chi connectivity index (χ4n) is 3.18. The van der Waals surface area contributed by atoms with Crippen LogP contribution < -0.4 is 5.32 Å². The zero-order chi connectivity index (χ0) is 18.4. The Bertz CT molecular complexity index is 1020. The lowest BCUT2D eigenvalue weighted by Crippen LogP contribution is -2.25. The van der Waals surface area contributed by atoms with E-state index >= 15 is 0 Å². The van der Waals surface area contributed by atoms with Crippen LogP contribution in [0.3, 0.4) is 0 Å². The molecule has 1 aromatic carbocycles. The van der Waals surface area contributed by atoms with Gasteiger partial charge in [0.25, 0.3) is 0 Å². The number of anilines is 1. The molecule has 0 saturated heterocycles. The van der Waals surface area contributed by atoms with Gasteiger partial charge in [-0.15, -0.1) is 10.2 Å². The van der Waals surface area contributed by atoms with Gasteiger partial charge in [0.2, 0.25) is 5.91 Å². The maximum Gasteiger partial charge on any atom is 0.226 e. The number of nitrogens with zero attached hydrogens (tertiary/aromatic N) is 4. The number of carbonyl (C=O) groups excluding carboxylic acids is 1. The second-order valence-electron chi connectivity index (χ2n) is 5.94. The van der Waals surface area contributed by atoms with E-state index in [-0.39, 0.29) is 23.3 Å². The van der Waals surface area contributed by atoms with E-state index in [0.717, 1.165) is 10.0 Å². The number of amides is 1. The van der Waals surface area contributed by atoms with Crippen LogP contribution in [0.15, 0.2) is 34.8 Å². The topological polar surface area (TPSA) is 72.7 Å². The molecule has 132 valence electrons. The monoisotopic (exact) mass is 435 g/mol. The van der Waals surface area contributed by atoms with Gasteiger partial charge in [0.15, 0.2) is 11.0 Å². The van der Waals surface area contributed by atoms with Gasteiger partial charge in [-0.1, -0.05) is 27.5 Å². The molecule has 1 N–H and O–H groups in total. The Hall–Kier alpha value is -2.32. The first kappa shape index (κ1) is 17.1. The molecular formula is C17H12BrClFN5O. The summed E-state index contributed by atoms with van der Waals surface area (Å²) in [5, 5.41) is 15.4. The highest BCUT2D eigenvalue weighted by molar-refractivity contribution is 9.10. The molecule has 0 unspecified atom stereocenters. The number of carbonyl (C=O) groups is 1. The zero-order valence-corrected chi connectivity index (χ0v) is 15.8. The summed E-state index contributed by atoms with van der Waals surface area (Å²) in [6.07, 6.45) is 0.138. The molecule has 1 amide bonds. The second kappa shape index (κ2) is 6.44. The van der Waals surface area contributed by atoms with E-state index < -0.39 is 5.92 Å². The van der Waals surface area contributed by atoms with Crippen LogP contribution in [0.1, 0.15) is 29.2 Å². The van der Waals surface area contributed by atoms with E-state index in [1.165, 1.54) is 10.7 Å². The molecule has 26 heavy (non-hydrogen) atoms. The molecule has 0 aliphatic carbocycles. The Labute approximate surface area is 161 Å². The zero-order valence-electron chi connectivity index (χ0n) is 13.5. The molecule has 2 aromatic heterocycles. The highest BCUT2D eigenvalue weighted by atomic mass is 79.9. The summed E-state index contributed by atoms with van der Waals surface area (Å²) in [4.78, 5) is 12.3. The van der Waals surface area contributed by atoms with Crippen LogP contribution in [-0.4, -0.2) is 25.9 Å². The highest BCUT2D eigenvalue weighted by Gasteiger charge is 2.34. The third-order valence-electron chi connectivity index (χ3n) is 4.27. The number of aromatic nitrogens is 4. The van der Waals surface area contributed by atoms with Crippen molar-refractivity contribution in [3.63, 3.8) is 0 Å². The Balaban J connectivity index is 1.90. The predicted molar refractivity (Wildman–Crippen MR) is 98.1 cm³/mol. The summed E-state index contributed by atoms with van der Waals surface area (Å²) in [5.41, 5.74) is 1.89. The van der Waals surface area contributed by atoms with Gasteiger partial charge in [-0.2, -0.15) is 9.78 Å². The average Bonchev–Trinajstić information content (AvgIpc) is 2.94. The number of hydrogen-bond donors (Lipinski definition) is 1. The summed E-state index contributed by atoms with van der Waals surface area (Å²) in [5.74, 6) is -0.137. The molecular weight excluding hydrogens is 425 g/mol. The molecule has 1 aliphatic rings. The molecule has 4 rings (SSSR count). The van der Waals surface area contributed by atoms with Crippen molar-refractivity contribution in [3.8, 4) is 5.82 Å². The van der Waals surface area contributed by atoms with Gasteiger partial charge < -0.3 is 5.32 Å². The summed E-state index contributed by atoms with van der Waals surface area (Å²) in [7, 11) is 0. The Morgan fingerprint density at radius 2 is 2.12 bits per heavy atom. The first-order valence-electron chi connectivity index (χ1n) is 7.78.